The Morgan fingerprint density at radius 3 is 2.62 bits per heavy atom. The van der Waals surface area contributed by atoms with E-state index in [4.69, 9.17) is 4.98 Å². The number of nitrogens with one attached hydrogen (secondary N) is 1. The minimum atomic E-state index is -0.562. The van der Waals surface area contributed by atoms with Crippen LogP contribution in [0.4, 0.5) is 5.13 Å². The predicted octanol–water partition coefficient (Wildman–Crippen LogP) is 4.35. The third-order valence-electron chi connectivity index (χ3n) is 8.19. The summed E-state index contributed by atoms with van der Waals surface area (Å²) in [4.78, 5) is 37.5. The molecule has 2 N–H and O–H groups in total. The summed E-state index contributed by atoms with van der Waals surface area (Å²) in [6, 6.07) is 3.36. The zero-order chi connectivity index (χ0) is 24.6. The van der Waals surface area contributed by atoms with Gasteiger partial charge in [0.2, 0.25) is 5.91 Å². The van der Waals surface area contributed by atoms with E-state index >= 15 is 0 Å². The summed E-state index contributed by atoms with van der Waals surface area (Å²) in [5, 5.41) is 15.1. The Kier molecular flexibility index (Phi) is 7.10. The molecule has 2 aliphatic rings. The van der Waals surface area contributed by atoms with E-state index in [1.807, 2.05) is 25.7 Å². The molecule has 1 saturated carbocycles. The molecule has 2 aromatic rings. The monoisotopic (exact) mass is 484 g/mol. The maximum atomic E-state index is 13.1. The number of rotatable bonds is 6. The first-order valence-corrected chi connectivity index (χ1v) is 13.2. The van der Waals surface area contributed by atoms with Crippen LogP contribution in [0.1, 0.15) is 74.3 Å². The van der Waals surface area contributed by atoms with Crippen LogP contribution >= 0.6 is 11.3 Å². The van der Waals surface area contributed by atoms with Crippen molar-refractivity contribution < 1.29 is 14.7 Å². The smallest absolute Gasteiger partial charge is 0.257 e. The van der Waals surface area contributed by atoms with Gasteiger partial charge in [0.15, 0.2) is 5.13 Å². The van der Waals surface area contributed by atoms with Gasteiger partial charge in [-0.1, -0.05) is 20.8 Å². The molecule has 34 heavy (non-hydrogen) atoms. The van der Waals surface area contributed by atoms with Gasteiger partial charge in [0.25, 0.3) is 5.91 Å². The number of anilines is 1. The standard InChI is InChI=1S/C26H36N4O3S/c1-6-30(7-2)24(33)15(3)18-8-11-26(5)14-19-21(16(4)20(26)22(18)31)28-25(34-19)29-23(32)17-9-12-27-13-10-17/h9-10,12-13,15-16,18,20,22,31H,6-8,11,14H2,1-5H3,(H,28,29,32)/t15-,16-,18?,20+,22-,26-/m0/s1. The van der Waals surface area contributed by atoms with E-state index < -0.39 is 6.10 Å². The van der Waals surface area contributed by atoms with E-state index in [0.717, 1.165) is 25.0 Å². The number of hydrogen-bond acceptors (Lipinski definition) is 6. The minimum absolute atomic E-state index is 0.0246. The van der Waals surface area contributed by atoms with Crippen molar-refractivity contribution in [1.82, 2.24) is 14.9 Å². The zero-order valence-corrected chi connectivity index (χ0v) is 21.6. The third-order valence-corrected chi connectivity index (χ3v) is 9.18. The van der Waals surface area contributed by atoms with Crippen molar-refractivity contribution in [2.24, 2.45) is 23.2 Å². The lowest BCUT2D eigenvalue weighted by Crippen LogP contribution is -2.53. The van der Waals surface area contributed by atoms with E-state index in [2.05, 4.69) is 24.1 Å². The second kappa shape index (κ2) is 9.74. The molecule has 2 aromatic heterocycles. The fourth-order valence-electron chi connectivity index (χ4n) is 6.28. The van der Waals surface area contributed by atoms with Crippen LogP contribution in [0.5, 0.6) is 0 Å². The largest absolute Gasteiger partial charge is 0.392 e. The highest BCUT2D eigenvalue weighted by Crippen LogP contribution is 2.57. The normalized spacial score (nSPS) is 29.0. The van der Waals surface area contributed by atoms with Gasteiger partial charge in [0.05, 0.1) is 11.8 Å². The number of amides is 2. The van der Waals surface area contributed by atoms with Crippen LogP contribution in [0.3, 0.4) is 0 Å². The summed E-state index contributed by atoms with van der Waals surface area (Å²) < 4.78 is 0. The number of aliphatic hydroxyl groups is 1. The van der Waals surface area contributed by atoms with E-state index in [1.54, 1.807) is 24.5 Å². The molecule has 6 atom stereocenters. The molecule has 0 bridgehead atoms. The summed E-state index contributed by atoms with van der Waals surface area (Å²) in [5.41, 5.74) is 1.46. The minimum Gasteiger partial charge on any atom is -0.392 e. The number of hydrogen-bond donors (Lipinski definition) is 2. The Morgan fingerprint density at radius 1 is 1.29 bits per heavy atom. The molecule has 2 heterocycles. The summed E-state index contributed by atoms with van der Waals surface area (Å²) in [6.45, 7) is 11.8. The summed E-state index contributed by atoms with van der Waals surface area (Å²) >= 11 is 1.54. The summed E-state index contributed by atoms with van der Waals surface area (Å²) in [6.07, 6.45) is 5.28. The highest BCUT2D eigenvalue weighted by Gasteiger charge is 2.54. The molecule has 7 nitrogen and oxygen atoms in total. The first-order chi connectivity index (χ1) is 16.2. The van der Waals surface area contributed by atoms with Gasteiger partial charge < -0.3 is 10.0 Å². The average Bonchev–Trinajstić information content (AvgIpc) is 3.21. The van der Waals surface area contributed by atoms with Gasteiger partial charge >= 0.3 is 0 Å². The first kappa shape index (κ1) is 24.8. The van der Waals surface area contributed by atoms with Gasteiger partial charge in [-0.25, -0.2) is 4.98 Å². The van der Waals surface area contributed by atoms with Crippen LogP contribution in [-0.2, 0) is 11.2 Å². The SMILES string of the molecule is CCN(CC)C(=O)[C@@H](C)C1CC[C@@]2(C)Cc3sc(NC(=O)c4ccncc4)nc3[C@@H](C)[C@@H]2[C@H]1O. The Balaban J connectivity index is 1.55. The van der Waals surface area contributed by atoms with E-state index in [9.17, 15) is 14.7 Å². The van der Waals surface area contributed by atoms with E-state index in [1.165, 1.54) is 16.2 Å². The van der Waals surface area contributed by atoms with Crippen molar-refractivity contribution in [1.29, 1.82) is 0 Å². The molecule has 0 aliphatic heterocycles. The molecule has 0 radical (unpaired) electrons. The van der Waals surface area contributed by atoms with Crippen molar-refractivity contribution >= 4 is 28.3 Å². The van der Waals surface area contributed by atoms with Crippen LogP contribution in [0, 0.1) is 23.2 Å². The van der Waals surface area contributed by atoms with Gasteiger partial charge in [0.1, 0.15) is 0 Å². The Morgan fingerprint density at radius 2 is 1.97 bits per heavy atom. The third kappa shape index (κ3) is 4.38. The lowest BCUT2D eigenvalue weighted by Gasteiger charge is -2.53. The molecule has 0 aromatic carbocycles. The molecule has 8 heteroatoms. The first-order valence-electron chi connectivity index (χ1n) is 12.4. The maximum Gasteiger partial charge on any atom is 0.257 e. The second-order valence-electron chi connectivity index (χ2n) is 10.2. The molecule has 0 saturated heterocycles. The molecule has 2 amide bonds. The summed E-state index contributed by atoms with van der Waals surface area (Å²) in [7, 11) is 0. The average molecular weight is 485 g/mol. The number of carbonyl (C=O) groups excluding carboxylic acids is 2. The Bertz CT molecular complexity index is 1040. The number of aromatic nitrogens is 2. The molecule has 0 spiro atoms. The van der Waals surface area contributed by atoms with Gasteiger partial charge in [0, 0.05) is 47.8 Å². The molecule has 2 aliphatic carbocycles. The lowest BCUT2D eigenvalue weighted by atomic mass is 9.53. The molecule has 1 unspecified atom stereocenters. The number of aliphatic hydroxyl groups excluding tert-OH is 1. The molecule has 1 fully saturated rings. The molecular weight excluding hydrogens is 448 g/mol. The summed E-state index contributed by atoms with van der Waals surface area (Å²) in [5.74, 6) is -0.259. The maximum absolute atomic E-state index is 13.1. The highest BCUT2D eigenvalue weighted by atomic mass is 32.1. The van der Waals surface area contributed by atoms with Gasteiger partial charge in [-0.3, -0.25) is 19.9 Å². The van der Waals surface area contributed by atoms with Gasteiger partial charge in [-0.05, 0) is 62.5 Å². The van der Waals surface area contributed by atoms with Crippen molar-refractivity contribution in [3.63, 3.8) is 0 Å². The van der Waals surface area contributed by atoms with Crippen molar-refractivity contribution in [2.45, 2.75) is 65.9 Å². The molecule has 4 rings (SSSR count). The lowest BCUT2D eigenvalue weighted by molar-refractivity contribution is -0.144. The number of nitrogens with zero attached hydrogens (tertiary/aromatic N) is 3. The van der Waals surface area contributed by atoms with Gasteiger partial charge in [-0.2, -0.15) is 0 Å². The number of thiazole rings is 1. The topological polar surface area (TPSA) is 95.4 Å². The quantitative estimate of drug-likeness (QED) is 0.636. The molecular formula is C26H36N4O3S. The van der Waals surface area contributed by atoms with Crippen LogP contribution in [-0.4, -0.2) is 51.0 Å². The highest BCUT2D eigenvalue weighted by molar-refractivity contribution is 7.15. The van der Waals surface area contributed by atoms with Crippen LogP contribution in [0.2, 0.25) is 0 Å². The van der Waals surface area contributed by atoms with Crippen molar-refractivity contribution in [3.8, 4) is 0 Å². The molecule has 184 valence electrons. The van der Waals surface area contributed by atoms with Crippen LogP contribution < -0.4 is 5.32 Å². The van der Waals surface area contributed by atoms with Crippen LogP contribution in [0.15, 0.2) is 24.5 Å². The second-order valence-corrected chi connectivity index (χ2v) is 11.2. The Labute approximate surface area is 206 Å². The van der Waals surface area contributed by atoms with Crippen LogP contribution in [0.25, 0.3) is 0 Å². The van der Waals surface area contributed by atoms with E-state index in [0.29, 0.717) is 23.8 Å². The Hall–Kier alpha value is -2.32. The predicted molar refractivity (Wildman–Crippen MR) is 134 cm³/mol. The fourth-order valence-corrected chi connectivity index (χ4v) is 7.54. The number of carbonyl (C=O) groups is 2. The zero-order valence-electron chi connectivity index (χ0n) is 20.7. The van der Waals surface area contributed by atoms with Gasteiger partial charge in [-0.15, -0.1) is 11.3 Å². The fraction of sp³-hybridized carbons (Fsp3) is 0.615. The van der Waals surface area contributed by atoms with Crippen molar-refractivity contribution in [3.05, 3.63) is 40.7 Å². The van der Waals surface area contributed by atoms with E-state index in [-0.39, 0.29) is 40.9 Å². The van der Waals surface area contributed by atoms with Crippen molar-refractivity contribution in [2.75, 3.05) is 18.4 Å². The number of pyridine rings is 1. The number of fused-ring (bicyclic) bond motifs is 2.